The standard InChI is InChI=1S/C11H16ClNO/c1-2-3-4-10(13)9-7-8(12)5-6-11(9)14/h5-7,10,14H,2-4,13H2,1H3/t10-/m1/s1. The zero-order valence-corrected chi connectivity index (χ0v) is 9.09. The molecular formula is C11H16ClNO. The topological polar surface area (TPSA) is 46.2 Å². The Morgan fingerprint density at radius 1 is 1.50 bits per heavy atom. The summed E-state index contributed by atoms with van der Waals surface area (Å²) in [7, 11) is 0. The second kappa shape index (κ2) is 5.23. The van der Waals surface area contributed by atoms with Crippen molar-refractivity contribution in [3.05, 3.63) is 28.8 Å². The summed E-state index contributed by atoms with van der Waals surface area (Å²) in [6.07, 6.45) is 3.05. The lowest BCUT2D eigenvalue weighted by Crippen LogP contribution is -2.10. The van der Waals surface area contributed by atoms with E-state index >= 15 is 0 Å². The lowest BCUT2D eigenvalue weighted by atomic mass is 10.0. The number of nitrogens with two attached hydrogens (primary N) is 1. The maximum Gasteiger partial charge on any atom is 0.120 e. The highest BCUT2D eigenvalue weighted by atomic mass is 35.5. The smallest absolute Gasteiger partial charge is 0.120 e. The van der Waals surface area contributed by atoms with Crippen LogP contribution in [0.25, 0.3) is 0 Å². The summed E-state index contributed by atoms with van der Waals surface area (Å²) >= 11 is 5.83. The molecule has 0 amide bonds. The van der Waals surface area contributed by atoms with Gasteiger partial charge in [0.2, 0.25) is 0 Å². The summed E-state index contributed by atoms with van der Waals surface area (Å²) in [5, 5.41) is 10.2. The molecule has 0 heterocycles. The maximum absolute atomic E-state index is 9.57. The number of benzene rings is 1. The molecule has 1 aromatic rings. The monoisotopic (exact) mass is 213 g/mol. The number of aromatic hydroxyl groups is 1. The summed E-state index contributed by atoms with van der Waals surface area (Å²) in [5.74, 6) is 0.234. The molecule has 0 aromatic heterocycles. The average molecular weight is 214 g/mol. The number of rotatable bonds is 4. The van der Waals surface area contributed by atoms with Gasteiger partial charge in [0.1, 0.15) is 5.75 Å². The SMILES string of the molecule is CCCC[C@@H](N)c1cc(Cl)ccc1O. The van der Waals surface area contributed by atoms with Crippen molar-refractivity contribution < 1.29 is 5.11 Å². The number of halogens is 1. The van der Waals surface area contributed by atoms with Gasteiger partial charge >= 0.3 is 0 Å². The fourth-order valence-electron chi connectivity index (χ4n) is 1.40. The summed E-state index contributed by atoms with van der Waals surface area (Å²) < 4.78 is 0. The lowest BCUT2D eigenvalue weighted by molar-refractivity contribution is 0.456. The predicted octanol–water partition coefficient (Wildman–Crippen LogP) is 3.24. The van der Waals surface area contributed by atoms with E-state index in [0.717, 1.165) is 24.8 Å². The Labute approximate surface area is 89.7 Å². The molecule has 0 fully saturated rings. The first-order chi connectivity index (χ1) is 6.65. The summed E-state index contributed by atoms with van der Waals surface area (Å²) in [5.41, 5.74) is 6.67. The molecule has 1 aromatic carbocycles. The molecule has 0 aliphatic heterocycles. The third-order valence-corrected chi connectivity index (χ3v) is 2.49. The van der Waals surface area contributed by atoms with Crippen molar-refractivity contribution in [3.8, 4) is 5.75 Å². The van der Waals surface area contributed by atoms with Crippen molar-refractivity contribution in [2.24, 2.45) is 5.73 Å². The van der Waals surface area contributed by atoms with E-state index in [4.69, 9.17) is 17.3 Å². The Balaban J connectivity index is 2.77. The molecule has 0 spiro atoms. The highest BCUT2D eigenvalue weighted by Gasteiger charge is 2.10. The molecule has 0 aliphatic rings. The van der Waals surface area contributed by atoms with E-state index in [1.165, 1.54) is 0 Å². The van der Waals surface area contributed by atoms with Crippen LogP contribution in [-0.2, 0) is 0 Å². The normalized spacial score (nSPS) is 12.8. The maximum atomic E-state index is 9.57. The molecule has 0 bridgehead atoms. The molecule has 0 radical (unpaired) electrons. The average Bonchev–Trinajstić information content (AvgIpc) is 2.18. The molecule has 0 aliphatic carbocycles. The van der Waals surface area contributed by atoms with Crippen LogP contribution in [0.5, 0.6) is 5.75 Å². The number of phenolic OH excluding ortho intramolecular Hbond substituents is 1. The van der Waals surface area contributed by atoms with Crippen molar-refractivity contribution in [2.75, 3.05) is 0 Å². The first kappa shape index (κ1) is 11.3. The van der Waals surface area contributed by atoms with E-state index in [9.17, 15) is 5.11 Å². The Morgan fingerprint density at radius 2 is 2.21 bits per heavy atom. The van der Waals surface area contributed by atoms with Crippen LogP contribution in [0.1, 0.15) is 37.8 Å². The van der Waals surface area contributed by atoms with Crippen molar-refractivity contribution in [1.29, 1.82) is 0 Å². The zero-order chi connectivity index (χ0) is 10.6. The number of unbranched alkanes of at least 4 members (excludes halogenated alkanes) is 1. The van der Waals surface area contributed by atoms with E-state index in [0.29, 0.717) is 5.02 Å². The van der Waals surface area contributed by atoms with Gasteiger partial charge in [0.05, 0.1) is 0 Å². The fraction of sp³-hybridized carbons (Fsp3) is 0.455. The molecule has 3 N–H and O–H groups in total. The van der Waals surface area contributed by atoms with Gasteiger partial charge in [0, 0.05) is 16.6 Å². The van der Waals surface area contributed by atoms with E-state index in [2.05, 4.69) is 6.92 Å². The van der Waals surface area contributed by atoms with Crippen LogP contribution in [0.4, 0.5) is 0 Å². The highest BCUT2D eigenvalue weighted by Crippen LogP contribution is 2.28. The molecule has 14 heavy (non-hydrogen) atoms. The molecule has 2 nitrogen and oxygen atoms in total. The third kappa shape index (κ3) is 2.89. The van der Waals surface area contributed by atoms with Gasteiger partial charge in [-0.05, 0) is 24.6 Å². The second-order valence-corrected chi connectivity index (χ2v) is 3.89. The largest absolute Gasteiger partial charge is 0.508 e. The fourth-order valence-corrected chi connectivity index (χ4v) is 1.58. The van der Waals surface area contributed by atoms with Crippen molar-refractivity contribution >= 4 is 11.6 Å². The van der Waals surface area contributed by atoms with Gasteiger partial charge < -0.3 is 10.8 Å². The molecule has 3 heteroatoms. The third-order valence-electron chi connectivity index (χ3n) is 2.26. The highest BCUT2D eigenvalue weighted by molar-refractivity contribution is 6.30. The molecule has 78 valence electrons. The molecular weight excluding hydrogens is 198 g/mol. The van der Waals surface area contributed by atoms with Crippen molar-refractivity contribution in [3.63, 3.8) is 0 Å². The van der Waals surface area contributed by atoms with Crippen LogP contribution in [-0.4, -0.2) is 5.11 Å². The Kier molecular flexibility index (Phi) is 4.23. The van der Waals surface area contributed by atoms with Crippen LogP contribution in [0.2, 0.25) is 5.02 Å². The first-order valence-corrected chi connectivity index (χ1v) is 5.27. The minimum atomic E-state index is -0.117. The van der Waals surface area contributed by atoms with Gasteiger partial charge in [-0.25, -0.2) is 0 Å². The molecule has 0 unspecified atom stereocenters. The zero-order valence-electron chi connectivity index (χ0n) is 8.33. The van der Waals surface area contributed by atoms with Gasteiger partial charge in [0.25, 0.3) is 0 Å². The minimum absolute atomic E-state index is 0.117. The number of phenols is 1. The van der Waals surface area contributed by atoms with Gasteiger partial charge in [-0.2, -0.15) is 0 Å². The predicted molar refractivity (Wildman–Crippen MR) is 59.6 cm³/mol. The minimum Gasteiger partial charge on any atom is -0.508 e. The summed E-state index contributed by atoms with van der Waals surface area (Å²) in [4.78, 5) is 0. The van der Waals surface area contributed by atoms with Gasteiger partial charge in [-0.3, -0.25) is 0 Å². The number of hydrogen-bond acceptors (Lipinski definition) is 2. The van der Waals surface area contributed by atoms with Gasteiger partial charge in [-0.1, -0.05) is 31.4 Å². The molecule has 1 atom stereocenters. The number of hydrogen-bond donors (Lipinski definition) is 2. The van der Waals surface area contributed by atoms with Crippen molar-refractivity contribution in [2.45, 2.75) is 32.2 Å². The summed E-state index contributed by atoms with van der Waals surface area (Å²) in [6.45, 7) is 2.12. The van der Waals surface area contributed by atoms with Crippen LogP contribution in [0.15, 0.2) is 18.2 Å². The Hall–Kier alpha value is -0.730. The Morgan fingerprint density at radius 3 is 2.86 bits per heavy atom. The van der Waals surface area contributed by atoms with Gasteiger partial charge in [-0.15, -0.1) is 0 Å². The summed E-state index contributed by atoms with van der Waals surface area (Å²) in [6, 6.07) is 4.86. The lowest BCUT2D eigenvalue weighted by Gasteiger charge is -2.13. The van der Waals surface area contributed by atoms with Crippen LogP contribution in [0.3, 0.4) is 0 Å². The van der Waals surface area contributed by atoms with Crippen molar-refractivity contribution in [1.82, 2.24) is 0 Å². The molecule has 0 saturated heterocycles. The second-order valence-electron chi connectivity index (χ2n) is 3.45. The van der Waals surface area contributed by atoms with E-state index < -0.39 is 0 Å². The van der Waals surface area contributed by atoms with Crippen LogP contribution in [0, 0.1) is 0 Å². The van der Waals surface area contributed by atoms with E-state index in [-0.39, 0.29) is 11.8 Å². The van der Waals surface area contributed by atoms with Crippen LogP contribution < -0.4 is 5.73 Å². The molecule has 1 rings (SSSR count). The Bertz CT molecular complexity index is 301. The van der Waals surface area contributed by atoms with Crippen LogP contribution >= 0.6 is 11.6 Å². The van der Waals surface area contributed by atoms with E-state index in [1.807, 2.05) is 0 Å². The molecule has 0 saturated carbocycles. The van der Waals surface area contributed by atoms with E-state index in [1.54, 1.807) is 18.2 Å². The van der Waals surface area contributed by atoms with Gasteiger partial charge in [0.15, 0.2) is 0 Å². The quantitative estimate of drug-likeness (QED) is 0.807. The first-order valence-electron chi connectivity index (χ1n) is 4.89.